The number of hydrogen-bond acceptors (Lipinski definition) is 0. The van der Waals surface area contributed by atoms with E-state index in [1.165, 1.54) is 22.3 Å². The van der Waals surface area contributed by atoms with Gasteiger partial charge in [-0.1, -0.05) is 54.4 Å². The molecule has 0 heterocycles. The molecular formula is C15H15Cl. The maximum atomic E-state index is 6.01. The zero-order valence-electron chi connectivity index (χ0n) is 9.63. The van der Waals surface area contributed by atoms with Crippen molar-refractivity contribution in [3.05, 3.63) is 58.6 Å². The molecule has 0 saturated carbocycles. The van der Waals surface area contributed by atoms with E-state index < -0.39 is 0 Å². The fourth-order valence-electron chi connectivity index (χ4n) is 1.87. The highest BCUT2D eigenvalue weighted by Gasteiger charge is 2.04. The van der Waals surface area contributed by atoms with E-state index in [9.17, 15) is 0 Å². The van der Waals surface area contributed by atoms with Gasteiger partial charge in [-0.3, -0.25) is 0 Å². The van der Waals surface area contributed by atoms with E-state index >= 15 is 0 Å². The minimum atomic E-state index is 0.813. The third-order valence-corrected chi connectivity index (χ3v) is 3.05. The Morgan fingerprint density at radius 1 is 1.00 bits per heavy atom. The molecule has 82 valence electrons. The number of rotatable bonds is 2. The Balaban J connectivity index is 2.51. The quantitative estimate of drug-likeness (QED) is 0.690. The van der Waals surface area contributed by atoms with Gasteiger partial charge in [0, 0.05) is 5.02 Å². The van der Waals surface area contributed by atoms with E-state index in [1.54, 1.807) is 0 Å². The first-order valence-corrected chi connectivity index (χ1v) is 5.94. The first-order chi connectivity index (χ1) is 7.70. The normalized spacial score (nSPS) is 10.4. The Morgan fingerprint density at radius 2 is 1.69 bits per heavy atom. The van der Waals surface area contributed by atoms with Crippen LogP contribution < -0.4 is 0 Å². The second-order valence-electron chi connectivity index (χ2n) is 4.02. The van der Waals surface area contributed by atoms with Gasteiger partial charge >= 0.3 is 0 Å². The van der Waals surface area contributed by atoms with Crippen LogP contribution in [0.4, 0.5) is 0 Å². The lowest BCUT2D eigenvalue weighted by molar-refractivity contribution is 1.14. The van der Waals surface area contributed by atoms with Crippen molar-refractivity contribution in [2.24, 2.45) is 0 Å². The highest BCUT2D eigenvalue weighted by molar-refractivity contribution is 6.30. The summed E-state index contributed by atoms with van der Waals surface area (Å²) in [5.41, 5.74) is 5.14. The summed E-state index contributed by atoms with van der Waals surface area (Å²) in [6.07, 6.45) is 1.00. The van der Waals surface area contributed by atoms with E-state index in [-0.39, 0.29) is 0 Å². The zero-order valence-corrected chi connectivity index (χ0v) is 10.4. The third-order valence-electron chi connectivity index (χ3n) is 2.81. The Kier molecular flexibility index (Phi) is 3.31. The summed E-state index contributed by atoms with van der Waals surface area (Å²) in [6, 6.07) is 14.7. The molecule has 0 unspecified atom stereocenters. The van der Waals surface area contributed by atoms with Crippen molar-refractivity contribution in [3.63, 3.8) is 0 Å². The molecule has 2 aromatic carbocycles. The maximum Gasteiger partial charge on any atom is 0.0409 e. The lowest BCUT2D eigenvalue weighted by Crippen LogP contribution is -1.87. The molecule has 2 aromatic rings. The van der Waals surface area contributed by atoms with Crippen LogP contribution in [-0.4, -0.2) is 0 Å². The minimum absolute atomic E-state index is 0.813. The van der Waals surface area contributed by atoms with Gasteiger partial charge in [-0.25, -0.2) is 0 Å². The van der Waals surface area contributed by atoms with Crippen LogP contribution in [0, 0.1) is 6.92 Å². The summed E-state index contributed by atoms with van der Waals surface area (Å²) < 4.78 is 0. The minimum Gasteiger partial charge on any atom is -0.0843 e. The summed E-state index contributed by atoms with van der Waals surface area (Å²) in [4.78, 5) is 0. The fraction of sp³-hybridized carbons (Fsp3) is 0.200. The summed E-state index contributed by atoms with van der Waals surface area (Å²) in [6.45, 7) is 4.26. The number of benzene rings is 2. The second-order valence-corrected chi connectivity index (χ2v) is 4.46. The van der Waals surface area contributed by atoms with Gasteiger partial charge in [-0.05, 0) is 42.2 Å². The molecule has 0 saturated heterocycles. The summed E-state index contributed by atoms with van der Waals surface area (Å²) in [7, 11) is 0. The molecule has 0 atom stereocenters. The molecule has 0 aliphatic heterocycles. The molecule has 0 bridgehead atoms. The second kappa shape index (κ2) is 4.71. The van der Waals surface area contributed by atoms with Crippen molar-refractivity contribution in [2.75, 3.05) is 0 Å². The van der Waals surface area contributed by atoms with Crippen LogP contribution >= 0.6 is 11.6 Å². The van der Waals surface area contributed by atoms with Gasteiger partial charge in [0.2, 0.25) is 0 Å². The molecule has 0 N–H and O–H groups in total. The summed E-state index contributed by atoms with van der Waals surface area (Å²) in [5.74, 6) is 0. The highest BCUT2D eigenvalue weighted by Crippen LogP contribution is 2.27. The van der Waals surface area contributed by atoms with E-state index in [0.717, 1.165) is 11.4 Å². The first-order valence-electron chi connectivity index (χ1n) is 5.56. The van der Waals surface area contributed by atoms with Crippen molar-refractivity contribution < 1.29 is 0 Å². The van der Waals surface area contributed by atoms with Crippen LogP contribution in [0.5, 0.6) is 0 Å². The largest absolute Gasteiger partial charge is 0.0843 e. The predicted molar refractivity (Wildman–Crippen MR) is 71.0 cm³/mol. The lowest BCUT2D eigenvalue weighted by Gasteiger charge is -2.08. The number of hydrogen-bond donors (Lipinski definition) is 0. The summed E-state index contributed by atoms with van der Waals surface area (Å²) in [5, 5.41) is 0.813. The Hall–Kier alpha value is -1.27. The van der Waals surface area contributed by atoms with Crippen LogP contribution in [0.3, 0.4) is 0 Å². The Labute approximate surface area is 102 Å². The van der Waals surface area contributed by atoms with Gasteiger partial charge < -0.3 is 0 Å². The predicted octanol–water partition coefficient (Wildman–Crippen LogP) is 4.88. The van der Waals surface area contributed by atoms with Gasteiger partial charge in [0.15, 0.2) is 0 Å². The van der Waals surface area contributed by atoms with Crippen LogP contribution in [0.15, 0.2) is 42.5 Å². The van der Waals surface area contributed by atoms with Crippen molar-refractivity contribution in [3.8, 4) is 11.1 Å². The molecule has 0 radical (unpaired) electrons. The molecule has 0 aliphatic carbocycles. The molecule has 0 aliphatic rings. The Bertz CT molecular complexity index is 483. The van der Waals surface area contributed by atoms with Gasteiger partial charge in [-0.2, -0.15) is 0 Å². The van der Waals surface area contributed by atoms with Crippen LogP contribution in [-0.2, 0) is 6.42 Å². The van der Waals surface area contributed by atoms with Gasteiger partial charge in [0.05, 0.1) is 0 Å². The number of halogens is 1. The van der Waals surface area contributed by atoms with Crippen molar-refractivity contribution in [2.45, 2.75) is 20.3 Å². The molecule has 0 spiro atoms. The highest BCUT2D eigenvalue weighted by atomic mass is 35.5. The van der Waals surface area contributed by atoms with Gasteiger partial charge in [0.25, 0.3) is 0 Å². The van der Waals surface area contributed by atoms with Gasteiger partial charge in [-0.15, -0.1) is 0 Å². The van der Waals surface area contributed by atoms with E-state index in [1.807, 2.05) is 6.07 Å². The van der Waals surface area contributed by atoms with E-state index in [2.05, 4.69) is 50.2 Å². The SMILES string of the molecule is CCc1cc(Cl)ccc1-c1ccc(C)cc1. The van der Waals surface area contributed by atoms with Crippen molar-refractivity contribution in [1.29, 1.82) is 0 Å². The molecule has 0 nitrogen and oxygen atoms in total. The van der Waals surface area contributed by atoms with E-state index in [0.29, 0.717) is 0 Å². The van der Waals surface area contributed by atoms with Gasteiger partial charge in [0.1, 0.15) is 0 Å². The molecule has 0 amide bonds. The van der Waals surface area contributed by atoms with Crippen LogP contribution in [0.2, 0.25) is 5.02 Å². The topological polar surface area (TPSA) is 0 Å². The maximum absolute atomic E-state index is 6.01. The van der Waals surface area contributed by atoms with E-state index in [4.69, 9.17) is 11.6 Å². The fourth-order valence-corrected chi connectivity index (χ4v) is 2.06. The molecule has 16 heavy (non-hydrogen) atoms. The average molecular weight is 231 g/mol. The zero-order chi connectivity index (χ0) is 11.5. The molecule has 0 aromatic heterocycles. The standard InChI is InChI=1S/C15H15Cl/c1-3-12-10-14(16)8-9-15(12)13-6-4-11(2)5-7-13/h4-10H,3H2,1-2H3. The summed E-state index contributed by atoms with van der Waals surface area (Å²) >= 11 is 6.01. The Morgan fingerprint density at radius 3 is 2.31 bits per heavy atom. The average Bonchev–Trinajstić information content (AvgIpc) is 2.30. The number of aryl methyl sites for hydroxylation is 2. The smallest absolute Gasteiger partial charge is 0.0409 e. The van der Waals surface area contributed by atoms with Crippen molar-refractivity contribution >= 4 is 11.6 Å². The van der Waals surface area contributed by atoms with Crippen LogP contribution in [0.25, 0.3) is 11.1 Å². The van der Waals surface area contributed by atoms with Crippen molar-refractivity contribution in [1.82, 2.24) is 0 Å². The molecule has 2 rings (SSSR count). The first kappa shape index (κ1) is 11.2. The molecule has 0 fully saturated rings. The molecular weight excluding hydrogens is 216 g/mol. The monoisotopic (exact) mass is 230 g/mol. The van der Waals surface area contributed by atoms with Crippen LogP contribution in [0.1, 0.15) is 18.1 Å². The lowest BCUT2D eigenvalue weighted by atomic mass is 9.97. The third kappa shape index (κ3) is 2.28. The molecule has 1 heteroatoms.